The first kappa shape index (κ1) is 9.96. The molecule has 0 aliphatic carbocycles. The van der Waals surface area contributed by atoms with Crippen LogP contribution < -0.4 is 5.32 Å². The van der Waals surface area contributed by atoms with Crippen molar-refractivity contribution in [2.45, 2.75) is 23.5 Å². The Balaban J connectivity index is 1.73. The molecule has 0 bridgehead atoms. The van der Waals surface area contributed by atoms with Crippen molar-refractivity contribution in [3.8, 4) is 0 Å². The van der Waals surface area contributed by atoms with E-state index in [9.17, 15) is 9.59 Å². The van der Waals surface area contributed by atoms with E-state index >= 15 is 0 Å². The molecule has 0 aromatic carbocycles. The summed E-state index contributed by atoms with van der Waals surface area (Å²) in [6.45, 7) is 0.750. The highest BCUT2D eigenvalue weighted by Crippen LogP contribution is 2.37. The molecule has 84 valence electrons. The summed E-state index contributed by atoms with van der Waals surface area (Å²) in [4.78, 5) is 24.3. The number of carbonyl (C=O) groups is 2. The van der Waals surface area contributed by atoms with Crippen LogP contribution in [0.4, 0.5) is 0 Å². The van der Waals surface area contributed by atoms with E-state index < -0.39 is 0 Å². The first-order chi connectivity index (χ1) is 7.74. The second-order valence-corrected chi connectivity index (χ2v) is 5.46. The van der Waals surface area contributed by atoms with Crippen molar-refractivity contribution in [1.29, 1.82) is 0 Å². The molecule has 1 N–H and O–H groups in total. The lowest BCUT2D eigenvalue weighted by atomic mass is 10.1. The van der Waals surface area contributed by atoms with Crippen molar-refractivity contribution in [2.75, 3.05) is 6.54 Å². The molecule has 5 heteroatoms. The van der Waals surface area contributed by atoms with Crippen LogP contribution in [0, 0.1) is 0 Å². The Labute approximate surface area is 97.7 Å². The molecule has 3 heterocycles. The summed E-state index contributed by atoms with van der Waals surface area (Å²) >= 11 is 1.74. The lowest BCUT2D eigenvalue weighted by Gasteiger charge is -2.41. The largest absolute Gasteiger partial charge is 0.352 e. The van der Waals surface area contributed by atoms with Gasteiger partial charge in [-0.2, -0.15) is 0 Å². The van der Waals surface area contributed by atoms with E-state index in [2.05, 4.69) is 5.32 Å². The molecule has 0 aromatic heterocycles. The van der Waals surface area contributed by atoms with Crippen LogP contribution in [0.5, 0.6) is 0 Å². The lowest BCUT2D eigenvalue weighted by molar-refractivity contribution is -0.137. The number of amides is 2. The second-order valence-electron chi connectivity index (χ2n) is 4.10. The monoisotopic (exact) mass is 236 g/mol. The van der Waals surface area contributed by atoms with Gasteiger partial charge in [0.15, 0.2) is 0 Å². The van der Waals surface area contributed by atoms with E-state index in [0.717, 1.165) is 18.5 Å². The van der Waals surface area contributed by atoms with Gasteiger partial charge in [0.1, 0.15) is 0 Å². The third-order valence-corrected chi connectivity index (χ3v) is 4.35. The number of hydrogen-bond donors (Lipinski definition) is 1. The number of thioether (sulfide) groups is 1. The van der Waals surface area contributed by atoms with Crippen LogP contribution in [0.2, 0.25) is 0 Å². The van der Waals surface area contributed by atoms with Crippen molar-refractivity contribution in [3.05, 3.63) is 23.9 Å². The normalized spacial score (nSPS) is 35.0. The summed E-state index contributed by atoms with van der Waals surface area (Å²) in [5.74, 6) is 0.250. The molecule has 2 fully saturated rings. The van der Waals surface area contributed by atoms with Gasteiger partial charge in [0.05, 0.1) is 11.8 Å². The molecule has 1 unspecified atom stereocenters. The zero-order valence-corrected chi connectivity index (χ0v) is 9.50. The fourth-order valence-electron chi connectivity index (χ4n) is 2.09. The molecule has 0 spiro atoms. The number of fused-ring (bicyclic) bond motifs is 1. The van der Waals surface area contributed by atoms with Crippen molar-refractivity contribution < 1.29 is 9.59 Å². The highest BCUT2D eigenvalue weighted by Gasteiger charge is 2.38. The molecule has 3 aliphatic heterocycles. The van der Waals surface area contributed by atoms with E-state index in [4.69, 9.17) is 0 Å². The fraction of sp³-hybridized carbons (Fsp3) is 0.455. The van der Waals surface area contributed by atoms with Crippen LogP contribution in [-0.2, 0) is 9.59 Å². The SMILES string of the molecule is O=C1NCCC1=CC1C=CN2C(=O)C[C@H]2S1. The number of carbonyl (C=O) groups excluding carboxylic acids is 2. The maximum absolute atomic E-state index is 11.4. The van der Waals surface area contributed by atoms with Crippen LogP contribution >= 0.6 is 11.8 Å². The van der Waals surface area contributed by atoms with Gasteiger partial charge < -0.3 is 10.2 Å². The summed E-state index contributed by atoms with van der Waals surface area (Å²) in [6, 6.07) is 0. The Morgan fingerprint density at radius 3 is 3.00 bits per heavy atom. The Bertz CT molecular complexity index is 416. The Morgan fingerprint density at radius 2 is 2.38 bits per heavy atom. The molecule has 0 saturated carbocycles. The Hall–Kier alpha value is -1.23. The Kier molecular flexibility index (Phi) is 2.28. The van der Waals surface area contributed by atoms with Crippen molar-refractivity contribution >= 4 is 23.6 Å². The van der Waals surface area contributed by atoms with Crippen LogP contribution in [0.1, 0.15) is 12.8 Å². The van der Waals surface area contributed by atoms with Crippen LogP contribution in [0.25, 0.3) is 0 Å². The number of rotatable bonds is 1. The quantitative estimate of drug-likeness (QED) is 0.536. The first-order valence-electron chi connectivity index (χ1n) is 5.38. The van der Waals surface area contributed by atoms with Gasteiger partial charge in [-0.15, -0.1) is 11.8 Å². The number of nitrogens with zero attached hydrogens (tertiary/aromatic N) is 1. The Morgan fingerprint density at radius 1 is 1.50 bits per heavy atom. The lowest BCUT2D eigenvalue weighted by Crippen LogP contribution is -2.49. The smallest absolute Gasteiger partial charge is 0.247 e. The highest BCUT2D eigenvalue weighted by molar-refractivity contribution is 8.01. The first-order valence-corrected chi connectivity index (χ1v) is 6.32. The molecule has 0 radical (unpaired) electrons. The maximum Gasteiger partial charge on any atom is 0.247 e. The summed E-state index contributed by atoms with van der Waals surface area (Å²) in [5, 5.41) is 3.31. The minimum absolute atomic E-state index is 0.0566. The third kappa shape index (κ3) is 1.55. The number of β-lactam (4-membered cyclic amide) rings is 1. The molecular weight excluding hydrogens is 224 g/mol. The van der Waals surface area contributed by atoms with Crippen molar-refractivity contribution in [3.63, 3.8) is 0 Å². The van der Waals surface area contributed by atoms with E-state index in [1.165, 1.54) is 0 Å². The summed E-state index contributed by atoms with van der Waals surface area (Å²) in [6.07, 6.45) is 7.29. The number of nitrogens with one attached hydrogen (secondary N) is 1. The second kappa shape index (κ2) is 3.66. The summed E-state index contributed by atoms with van der Waals surface area (Å²) < 4.78 is 0. The summed E-state index contributed by atoms with van der Waals surface area (Å²) in [7, 11) is 0. The summed E-state index contributed by atoms with van der Waals surface area (Å²) in [5.41, 5.74) is 0.876. The molecular formula is C11H12N2O2S. The zero-order valence-electron chi connectivity index (χ0n) is 8.68. The minimum Gasteiger partial charge on any atom is -0.352 e. The highest BCUT2D eigenvalue weighted by atomic mass is 32.2. The zero-order chi connectivity index (χ0) is 11.1. The van der Waals surface area contributed by atoms with E-state index in [1.807, 2.05) is 18.4 Å². The fourth-order valence-corrected chi connectivity index (χ4v) is 3.41. The maximum atomic E-state index is 11.4. The minimum atomic E-state index is 0.0566. The van der Waals surface area contributed by atoms with E-state index in [1.54, 1.807) is 16.7 Å². The van der Waals surface area contributed by atoms with Gasteiger partial charge in [-0.05, 0) is 6.42 Å². The third-order valence-electron chi connectivity index (χ3n) is 3.04. The van der Waals surface area contributed by atoms with Gasteiger partial charge in [0, 0.05) is 23.6 Å². The molecule has 3 rings (SSSR count). The van der Waals surface area contributed by atoms with Gasteiger partial charge in [0.2, 0.25) is 11.8 Å². The van der Waals surface area contributed by atoms with Crippen molar-refractivity contribution in [1.82, 2.24) is 10.2 Å². The average Bonchev–Trinajstić information content (AvgIpc) is 2.63. The molecule has 3 aliphatic rings. The predicted molar refractivity (Wildman–Crippen MR) is 61.5 cm³/mol. The topological polar surface area (TPSA) is 49.4 Å². The van der Waals surface area contributed by atoms with Crippen LogP contribution in [0.3, 0.4) is 0 Å². The van der Waals surface area contributed by atoms with Gasteiger partial charge in [-0.25, -0.2) is 0 Å². The predicted octanol–water partition coefficient (Wildman–Crippen LogP) is 0.620. The molecule has 2 atom stereocenters. The van der Waals surface area contributed by atoms with Gasteiger partial charge in [-0.1, -0.05) is 12.2 Å². The standard InChI is InChI=1S/C11H12N2O2S/c14-9-6-10-13(9)4-2-8(16-10)5-7-1-3-12-11(7)15/h2,4-5,8,10H,1,3,6H2,(H,12,15)/t8?,10-/m1/s1. The number of hydrogen-bond acceptors (Lipinski definition) is 3. The van der Waals surface area contributed by atoms with E-state index in [-0.39, 0.29) is 22.4 Å². The van der Waals surface area contributed by atoms with Crippen LogP contribution in [0.15, 0.2) is 23.9 Å². The van der Waals surface area contributed by atoms with Gasteiger partial charge in [0.25, 0.3) is 0 Å². The average molecular weight is 236 g/mol. The molecule has 16 heavy (non-hydrogen) atoms. The van der Waals surface area contributed by atoms with Gasteiger partial charge in [-0.3, -0.25) is 9.59 Å². The molecule has 4 nitrogen and oxygen atoms in total. The molecule has 2 saturated heterocycles. The molecule has 0 aromatic rings. The molecule has 2 amide bonds. The van der Waals surface area contributed by atoms with Crippen LogP contribution in [-0.4, -0.2) is 33.9 Å². The van der Waals surface area contributed by atoms with Gasteiger partial charge >= 0.3 is 0 Å². The van der Waals surface area contributed by atoms with Crippen molar-refractivity contribution in [2.24, 2.45) is 0 Å². The van der Waals surface area contributed by atoms with E-state index in [0.29, 0.717) is 6.42 Å².